The van der Waals surface area contributed by atoms with E-state index in [1.165, 1.54) is 24.0 Å². The SMILES string of the molecule is Nc1ccc(SCCS(=O)(=O)Nc2ccnc(Cl)n2)cc1. The molecule has 21 heavy (non-hydrogen) atoms. The van der Waals surface area contributed by atoms with Gasteiger partial charge in [-0.2, -0.15) is 4.98 Å². The second-order valence-corrected chi connectivity index (χ2v) is 7.40. The monoisotopic (exact) mass is 344 g/mol. The molecule has 0 atom stereocenters. The van der Waals surface area contributed by atoms with Gasteiger partial charge in [0.2, 0.25) is 15.3 Å². The van der Waals surface area contributed by atoms with Crippen molar-refractivity contribution >= 4 is 44.9 Å². The Hall–Kier alpha value is -1.51. The largest absolute Gasteiger partial charge is 0.399 e. The number of benzene rings is 1. The summed E-state index contributed by atoms with van der Waals surface area (Å²) < 4.78 is 26.2. The van der Waals surface area contributed by atoms with Crippen LogP contribution in [-0.4, -0.2) is 29.9 Å². The van der Waals surface area contributed by atoms with Crippen LogP contribution in [0.2, 0.25) is 5.28 Å². The molecule has 6 nitrogen and oxygen atoms in total. The first-order valence-electron chi connectivity index (χ1n) is 5.92. The molecule has 1 aromatic heterocycles. The van der Waals surface area contributed by atoms with Gasteiger partial charge in [0.1, 0.15) is 5.82 Å². The summed E-state index contributed by atoms with van der Waals surface area (Å²) in [5.41, 5.74) is 6.26. The van der Waals surface area contributed by atoms with E-state index in [0.717, 1.165) is 4.90 Å². The van der Waals surface area contributed by atoms with E-state index in [0.29, 0.717) is 11.4 Å². The minimum absolute atomic E-state index is 0.00792. The number of nitrogens with one attached hydrogen (secondary N) is 1. The van der Waals surface area contributed by atoms with Crippen molar-refractivity contribution in [3.05, 3.63) is 41.8 Å². The number of rotatable bonds is 6. The van der Waals surface area contributed by atoms with Crippen LogP contribution in [0.1, 0.15) is 0 Å². The Bertz CT molecular complexity index is 707. The zero-order valence-electron chi connectivity index (χ0n) is 10.9. The molecule has 2 rings (SSSR count). The first-order chi connectivity index (χ1) is 9.94. The van der Waals surface area contributed by atoms with E-state index in [1.807, 2.05) is 12.1 Å². The number of nitrogens with zero attached hydrogens (tertiary/aromatic N) is 2. The van der Waals surface area contributed by atoms with Gasteiger partial charge in [-0.1, -0.05) is 0 Å². The lowest BCUT2D eigenvalue weighted by Crippen LogP contribution is -2.18. The number of nitrogen functional groups attached to an aromatic ring is 1. The van der Waals surface area contributed by atoms with Gasteiger partial charge in [-0.25, -0.2) is 13.4 Å². The lowest BCUT2D eigenvalue weighted by atomic mass is 10.3. The Labute approximate surface area is 132 Å². The molecule has 0 bridgehead atoms. The highest BCUT2D eigenvalue weighted by Gasteiger charge is 2.11. The molecule has 1 aromatic carbocycles. The van der Waals surface area contributed by atoms with Crippen LogP contribution in [0.15, 0.2) is 41.4 Å². The molecular formula is C12H13ClN4O2S2. The number of thioether (sulfide) groups is 1. The van der Waals surface area contributed by atoms with E-state index in [-0.39, 0.29) is 16.9 Å². The minimum atomic E-state index is -3.47. The smallest absolute Gasteiger partial charge is 0.234 e. The third-order valence-corrected chi connectivity index (χ3v) is 5.10. The molecule has 0 saturated heterocycles. The number of hydrogen-bond acceptors (Lipinski definition) is 6. The van der Waals surface area contributed by atoms with Crippen LogP contribution < -0.4 is 10.5 Å². The van der Waals surface area contributed by atoms with Crippen LogP contribution in [0, 0.1) is 0 Å². The van der Waals surface area contributed by atoms with E-state index in [9.17, 15) is 8.42 Å². The predicted molar refractivity (Wildman–Crippen MR) is 86.0 cm³/mol. The van der Waals surface area contributed by atoms with Crippen molar-refractivity contribution < 1.29 is 8.42 Å². The van der Waals surface area contributed by atoms with Crippen LogP contribution >= 0.6 is 23.4 Å². The van der Waals surface area contributed by atoms with E-state index in [2.05, 4.69) is 14.7 Å². The highest BCUT2D eigenvalue weighted by molar-refractivity contribution is 8.01. The molecule has 0 saturated carbocycles. The second kappa shape index (κ2) is 6.97. The summed E-state index contributed by atoms with van der Waals surface area (Å²) in [7, 11) is -3.47. The average Bonchev–Trinajstić information content (AvgIpc) is 2.40. The first-order valence-corrected chi connectivity index (χ1v) is 8.93. The van der Waals surface area contributed by atoms with Gasteiger partial charge >= 0.3 is 0 Å². The Morgan fingerprint density at radius 3 is 2.62 bits per heavy atom. The summed E-state index contributed by atoms with van der Waals surface area (Å²) in [6.45, 7) is 0. The van der Waals surface area contributed by atoms with Crippen molar-refractivity contribution in [3.8, 4) is 0 Å². The van der Waals surface area contributed by atoms with Gasteiger partial charge in [0.25, 0.3) is 0 Å². The molecule has 2 aromatic rings. The van der Waals surface area contributed by atoms with E-state index in [1.54, 1.807) is 12.1 Å². The third kappa shape index (κ3) is 5.41. The van der Waals surface area contributed by atoms with Crippen LogP contribution in [-0.2, 0) is 10.0 Å². The van der Waals surface area contributed by atoms with Gasteiger partial charge < -0.3 is 5.73 Å². The summed E-state index contributed by atoms with van der Waals surface area (Å²) in [6, 6.07) is 8.70. The molecule has 112 valence electrons. The lowest BCUT2D eigenvalue weighted by molar-refractivity contribution is 0.602. The van der Waals surface area contributed by atoms with E-state index >= 15 is 0 Å². The fraction of sp³-hybridized carbons (Fsp3) is 0.167. The molecule has 0 aliphatic heterocycles. The molecule has 3 N–H and O–H groups in total. The molecule has 0 radical (unpaired) electrons. The van der Waals surface area contributed by atoms with Gasteiger partial charge in [-0.15, -0.1) is 11.8 Å². The normalized spacial score (nSPS) is 11.3. The van der Waals surface area contributed by atoms with Crippen molar-refractivity contribution in [1.82, 2.24) is 9.97 Å². The Balaban J connectivity index is 1.88. The number of nitrogens with two attached hydrogens (primary N) is 1. The topological polar surface area (TPSA) is 98.0 Å². The van der Waals surface area contributed by atoms with Gasteiger partial charge in [0, 0.05) is 22.5 Å². The molecule has 0 unspecified atom stereocenters. The number of anilines is 2. The minimum Gasteiger partial charge on any atom is -0.399 e. The Morgan fingerprint density at radius 1 is 1.24 bits per heavy atom. The maximum Gasteiger partial charge on any atom is 0.234 e. The summed E-state index contributed by atoms with van der Waals surface area (Å²) in [6.07, 6.45) is 1.39. The molecule has 0 aliphatic carbocycles. The van der Waals surface area contributed by atoms with Crippen LogP contribution in [0.4, 0.5) is 11.5 Å². The summed E-state index contributed by atoms with van der Waals surface area (Å²) in [5, 5.41) is -0.00792. The Kier molecular flexibility index (Phi) is 5.27. The van der Waals surface area contributed by atoms with Crippen molar-refractivity contribution in [2.45, 2.75) is 4.90 Å². The zero-order valence-corrected chi connectivity index (χ0v) is 13.2. The van der Waals surface area contributed by atoms with Gasteiger partial charge in [-0.3, -0.25) is 4.72 Å². The molecule has 1 heterocycles. The predicted octanol–water partition coefficient (Wildman–Crippen LogP) is 2.25. The Morgan fingerprint density at radius 2 is 1.95 bits per heavy atom. The number of aromatic nitrogens is 2. The molecule has 0 aliphatic rings. The van der Waals surface area contributed by atoms with Crippen LogP contribution in [0.25, 0.3) is 0 Å². The number of hydrogen-bond donors (Lipinski definition) is 2. The van der Waals surface area contributed by atoms with Crippen molar-refractivity contribution in [2.75, 3.05) is 22.0 Å². The van der Waals surface area contributed by atoms with Crippen molar-refractivity contribution in [1.29, 1.82) is 0 Å². The van der Waals surface area contributed by atoms with E-state index in [4.69, 9.17) is 17.3 Å². The molecule has 9 heteroatoms. The quantitative estimate of drug-likeness (QED) is 0.474. The number of sulfonamides is 1. The molecule has 0 fully saturated rings. The third-order valence-electron chi connectivity index (χ3n) is 2.39. The van der Waals surface area contributed by atoms with Gasteiger partial charge in [0.15, 0.2) is 0 Å². The maximum absolute atomic E-state index is 11.9. The highest BCUT2D eigenvalue weighted by Crippen LogP contribution is 2.19. The first kappa shape index (κ1) is 15.9. The van der Waals surface area contributed by atoms with Crippen LogP contribution in [0.5, 0.6) is 0 Å². The van der Waals surface area contributed by atoms with Crippen molar-refractivity contribution in [2.24, 2.45) is 0 Å². The van der Waals surface area contributed by atoms with Gasteiger partial charge in [-0.05, 0) is 41.9 Å². The fourth-order valence-corrected chi connectivity index (χ4v) is 3.89. The fourth-order valence-electron chi connectivity index (χ4n) is 1.44. The molecule has 0 spiro atoms. The standard InChI is InChI=1S/C12H13ClN4O2S2/c13-12-15-6-5-11(16-12)17-21(18,19)8-7-20-10-3-1-9(14)2-4-10/h1-6H,7-8,14H2,(H,15,16,17). The summed E-state index contributed by atoms with van der Waals surface area (Å²) in [5.74, 6) is 0.536. The zero-order chi connectivity index (χ0) is 15.3. The summed E-state index contributed by atoms with van der Waals surface area (Å²) in [4.78, 5) is 8.42. The number of halogens is 1. The van der Waals surface area contributed by atoms with Crippen molar-refractivity contribution in [3.63, 3.8) is 0 Å². The second-order valence-electron chi connectivity index (χ2n) is 4.05. The van der Waals surface area contributed by atoms with Gasteiger partial charge in [0.05, 0.1) is 5.75 Å². The highest BCUT2D eigenvalue weighted by atomic mass is 35.5. The maximum atomic E-state index is 11.9. The average molecular weight is 345 g/mol. The van der Waals surface area contributed by atoms with Crippen LogP contribution in [0.3, 0.4) is 0 Å². The summed E-state index contributed by atoms with van der Waals surface area (Å²) >= 11 is 7.04. The van der Waals surface area contributed by atoms with E-state index < -0.39 is 10.0 Å². The molecular weight excluding hydrogens is 332 g/mol. The lowest BCUT2D eigenvalue weighted by Gasteiger charge is -2.07. The molecule has 0 amide bonds.